The summed E-state index contributed by atoms with van der Waals surface area (Å²) >= 11 is 6.17. The fraction of sp³-hybridized carbons (Fsp3) is 0.500. The summed E-state index contributed by atoms with van der Waals surface area (Å²) in [6.07, 6.45) is 0. The van der Waals surface area contributed by atoms with Crippen molar-refractivity contribution < 1.29 is 0 Å². The first-order valence-electron chi connectivity index (χ1n) is 5.03. The minimum absolute atomic E-state index is 0.319. The Hall–Kier alpha value is -0.530. The molecule has 1 aromatic rings. The average Bonchev–Trinajstić information content (AvgIpc) is 2.69. The summed E-state index contributed by atoms with van der Waals surface area (Å²) in [6, 6.07) is 8.09. The van der Waals surface area contributed by atoms with E-state index in [2.05, 4.69) is 19.9 Å². The molecule has 2 heteroatoms. The van der Waals surface area contributed by atoms with Crippen LogP contribution in [0.15, 0.2) is 24.3 Å². The van der Waals surface area contributed by atoms with E-state index in [0.29, 0.717) is 17.3 Å². The fourth-order valence-corrected chi connectivity index (χ4v) is 2.78. The lowest BCUT2D eigenvalue weighted by Crippen LogP contribution is -2.05. The van der Waals surface area contributed by atoms with E-state index >= 15 is 0 Å². The second-order valence-corrected chi connectivity index (χ2v) is 5.07. The number of benzene rings is 1. The molecule has 2 atom stereocenters. The zero-order chi connectivity index (χ0) is 10.3. The van der Waals surface area contributed by atoms with Crippen molar-refractivity contribution in [1.82, 2.24) is 0 Å². The molecule has 0 heterocycles. The molecule has 0 spiro atoms. The Balaban J connectivity index is 2.31. The van der Waals surface area contributed by atoms with Crippen LogP contribution in [-0.2, 0) is 0 Å². The predicted octanol–water partition coefficient (Wildman–Crippen LogP) is 3.04. The summed E-state index contributed by atoms with van der Waals surface area (Å²) < 4.78 is 0. The molecule has 0 bridgehead atoms. The molecule has 2 N–H and O–H groups in total. The quantitative estimate of drug-likeness (QED) is 0.796. The molecule has 0 amide bonds. The lowest BCUT2D eigenvalue weighted by atomic mass is 10.0. The van der Waals surface area contributed by atoms with Crippen molar-refractivity contribution in [3.05, 3.63) is 34.9 Å². The van der Waals surface area contributed by atoms with Crippen LogP contribution in [0.2, 0.25) is 5.02 Å². The van der Waals surface area contributed by atoms with E-state index in [1.807, 2.05) is 18.2 Å². The van der Waals surface area contributed by atoms with Gasteiger partial charge in [-0.05, 0) is 35.4 Å². The zero-order valence-corrected chi connectivity index (χ0v) is 9.38. The molecule has 76 valence electrons. The van der Waals surface area contributed by atoms with Crippen molar-refractivity contribution >= 4 is 11.6 Å². The number of nitrogens with two attached hydrogens (primary N) is 1. The topological polar surface area (TPSA) is 26.0 Å². The van der Waals surface area contributed by atoms with Gasteiger partial charge in [0.2, 0.25) is 0 Å². The van der Waals surface area contributed by atoms with Crippen LogP contribution in [0.5, 0.6) is 0 Å². The van der Waals surface area contributed by atoms with Gasteiger partial charge in [0.25, 0.3) is 0 Å². The van der Waals surface area contributed by atoms with Crippen molar-refractivity contribution in [3.63, 3.8) is 0 Å². The summed E-state index contributed by atoms with van der Waals surface area (Å²) in [4.78, 5) is 0. The minimum atomic E-state index is 0.319. The third-order valence-corrected chi connectivity index (χ3v) is 3.89. The van der Waals surface area contributed by atoms with Gasteiger partial charge in [0.15, 0.2) is 0 Å². The maximum Gasteiger partial charge on any atom is 0.0441 e. The molecule has 0 aromatic heterocycles. The normalized spacial score (nSPS) is 28.9. The van der Waals surface area contributed by atoms with Gasteiger partial charge in [0.05, 0.1) is 0 Å². The Morgan fingerprint density at radius 2 is 2.00 bits per heavy atom. The van der Waals surface area contributed by atoms with E-state index in [1.165, 1.54) is 5.56 Å². The van der Waals surface area contributed by atoms with E-state index in [0.717, 1.165) is 11.6 Å². The Morgan fingerprint density at radius 3 is 2.50 bits per heavy atom. The van der Waals surface area contributed by atoms with Crippen LogP contribution in [-0.4, -0.2) is 6.54 Å². The van der Waals surface area contributed by atoms with Gasteiger partial charge in [-0.1, -0.05) is 43.6 Å². The number of rotatable bonds is 2. The summed E-state index contributed by atoms with van der Waals surface area (Å²) in [7, 11) is 0. The summed E-state index contributed by atoms with van der Waals surface area (Å²) in [5.41, 5.74) is 7.32. The summed E-state index contributed by atoms with van der Waals surface area (Å²) in [5.74, 6) is 1.13. The molecule has 1 fully saturated rings. The van der Waals surface area contributed by atoms with Gasteiger partial charge in [0, 0.05) is 5.02 Å². The van der Waals surface area contributed by atoms with Gasteiger partial charge in [-0.15, -0.1) is 0 Å². The first-order chi connectivity index (χ1) is 6.59. The van der Waals surface area contributed by atoms with Crippen LogP contribution in [0, 0.1) is 11.3 Å². The van der Waals surface area contributed by atoms with Crippen molar-refractivity contribution in [2.45, 2.75) is 19.8 Å². The number of halogens is 1. The Bertz CT molecular complexity index is 346. The van der Waals surface area contributed by atoms with Crippen LogP contribution < -0.4 is 5.73 Å². The van der Waals surface area contributed by atoms with Crippen LogP contribution >= 0.6 is 11.6 Å². The molecule has 1 aliphatic carbocycles. The molecular formula is C12H16ClN. The largest absolute Gasteiger partial charge is 0.330 e. The maximum atomic E-state index is 6.17. The molecule has 0 saturated heterocycles. The highest BCUT2D eigenvalue weighted by Gasteiger charge is 2.57. The van der Waals surface area contributed by atoms with E-state index in [-0.39, 0.29) is 0 Å². The highest BCUT2D eigenvalue weighted by Crippen LogP contribution is 2.64. The monoisotopic (exact) mass is 209 g/mol. The zero-order valence-electron chi connectivity index (χ0n) is 8.63. The second kappa shape index (κ2) is 3.25. The third kappa shape index (κ3) is 1.35. The summed E-state index contributed by atoms with van der Waals surface area (Å²) in [5, 5.41) is 0.876. The van der Waals surface area contributed by atoms with Gasteiger partial charge in [-0.25, -0.2) is 0 Å². The minimum Gasteiger partial charge on any atom is -0.330 e. The molecule has 2 rings (SSSR count). The lowest BCUT2D eigenvalue weighted by Gasteiger charge is -2.04. The first kappa shape index (κ1) is 10.0. The van der Waals surface area contributed by atoms with E-state index < -0.39 is 0 Å². The second-order valence-electron chi connectivity index (χ2n) is 4.66. The van der Waals surface area contributed by atoms with Crippen molar-refractivity contribution in [1.29, 1.82) is 0 Å². The standard InChI is InChI=1S/C12H16ClN/c1-12(2)9(7-14)11(12)8-5-3-4-6-10(8)13/h3-6,9,11H,7,14H2,1-2H3. The van der Waals surface area contributed by atoms with Gasteiger partial charge in [0.1, 0.15) is 0 Å². The third-order valence-electron chi connectivity index (χ3n) is 3.54. The van der Waals surface area contributed by atoms with Gasteiger partial charge < -0.3 is 5.73 Å². The number of hydrogen-bond acceptors (Lipinski definition) is 1. The molecule has 1 aromatic carbocycles. The maximum absolute atomic E-state index is 6.17. The molecule has 1 nitrogen and oxygen atoms in total. The molecule has 0 radical (unpaired) electrons. The van der Waals surface area contributed by atoms with Crippen LogP contribution in [0.1, 0.15) is 25.3 Å². The molecular weight excluding hydrogens is 194 g/mol. The number of hydrogen-bond donors (Lipinski definition) is 1. The van der Waals surface area contributed by atoms with Gasteiger partial charge in [-0.3, -0.25) is 0 Å². The van der Waals surface area contributed by atoms with Crippen molar-refractivity contribution in [2.24, 2.45) is 17.1 Å². The molecule has 14 heavy (non-hydrogen) atoms. The molecule has 1 aliphatic rings. The Kier molecular flexibility index (Phi) is 2.32. The summed E-state index contributed by atoms with van der Waals surface area (Å²) in [6.45, 7) is 5.28. The smallest absolute Gasteiger partial charge is 0.0441 e. The van der Waals surface area contributed by atoms with Crippen molar-refractivity contribution in [2.75, 3.05) is 6.54 Å². The van der Waals surface area contributed by atoms with Crippen LogP contribution in [0.3, 0.4) is 0 Å². The lowest BCUT2D eigenvalue weighted by molar-refractivity contribution is 0.558. The van der Waals surface area contributed by atoms with Crippen LogP contribution in [0.25, 0.3) is 0 Å². The van der Waals surface area contributed by atoms with Gasteiger partial charge in [-0.2, -0.15) is 0 Å². The van der Waals surface area contributed by atoms with Crippen LogP contribution in [0.4, 0.5) is 0 Å². The highest BCUT2D eigenvalue weighted by molar-refractivity contribution is 6.31. The molecule has 2 unspecified atom stereocenters. The Labute approximate surface area is 90.3 Å². The SMILES string of the molecule is CC1(C)C(CN)C1c1ccccc1Cl. The Morgan fingerprint density at radius 1 is 1.36 bits per heavy atom. The highest BCUT2D eigenvalue weighted by atomic mass is 35.5. The van der Waals surface area contributed by atoms with Crippen molar-refractivity contribution in [3.8, 4) is 0 Å². The van der Waals surface area contributed by atoms with Gasteiger partial charge >= 0.3 is 0 Å². The van der Waals surface area contributed by atoms with E-state index in [4.69, 9.17) is 17.3 Å². The van der Waals surface area contributed by atoms with E-state index in [9.17, 15) is 0 Å². The van der Waals surface area contributed by atoms with E-state index in [1.54, 1.807) is 0 Å². The average molecular weight is 210 g/mol. The molecule has 0 aliphatic heterocycles. The fourth-order valence-electron chi connectivity index (χ4n) is 2.53. The predicted molar refractivity (Wildman–Crippen MR) is 60.5 cm³/mol. The molecule has 1 saturated carbocycles. The first-order valence-corrected chi connectivity index (χ1v) is 5.41.